The van der Waals surface area contributed by atoms with Crippen LogP contribution in [0.4, 0.5) is 23.4 Å². The summed E-state index contributed by atoms with van der Waals surface area (Å²) in [4.78, 5) is 20.3. The zero-order valence-electron chi connectivity index (χ0n) is 20.9. The van der Waals surface area contributed by atoms with Crippen LogP contribution in [0.1, 0.15) is 23.4 Å². The smallest absolute Gasteiger partial charge is 0.406 e. The lowest BCUT2D eigenvalue weighted by Crippen LogP contribution is -2.17. The first kappa shape index (κ1) is 28.1. The fourth-order valence-corrected chi connectivity index (χ4v) is 3.49. The number of carbonyl (C=O) groups is 1. The number of nitrogens with two attached hydrogens (primary N) is 1. The number of amides is 1. The molecule has 1 amide bonds. The minimum atomic E-state index is -4.80. The number of nitrogens with zero attached hydrogens (tertiary/aromatic N) is 8. The standard InChI is InChI=1S/C24H24F4N10O2/c25-17(13-38-15-21(34-36-38)32-22(39)11-18-5-1-2-8-30-18)7-9-37-14-20(33-35-37)23(29)31-12-16-4-3-6-19(10-16)40-24(26,27)28/h1-6,8,10,14-15,17H,7,9,11-13H2,(H2,29,31)(H,32,39). The Kier molecular flexibility index (Phi) is 8.98. The number of benzene rings is 1. The van der Waals surface area contributed by atoms with E-state index in [4.69, 9.17) is 5.73 Å². The molecule has 1 atom stereocenters. The van der Waals surface area contributed by atoms with Gasteiger partial charge in [0.1, 0.15) is 23.5 Å². The lowest BCUT2D eigenvalue weighted by Gasteiger charge is -2.09. The van der Waals surface area contributed by atoms with Gasteiger partial charge in [0.15, 0.2) is 5.82 Å². The highest BCUT2D eigenvalue weighted by Gasteiger charge is 2.31. The molecule has 0 fully saturated rings. The molecule has 1 unspecified atom stereocenters. The van der Waals surface area contributed by atoms with E-state index in [1.54, 1.807) is 30.5 Å². The Morgan fingerprint density at radius 3 is 2.70 bits per heavy atom. The molecule has 3 heterocycles. The number of aryl methyl sites for hydroxylation is 1. The molecule has 40 heavy (non-hydrogen) atoms. The number of carbonyl (C=O) groups excluding carboxylic acids is 1. The second-order valence-electron chi connectivity index (χ2n) is 8.52. The number of hydrogen-bond acceptors (Lipinski definition) is 8. The van der Waals surface area contributed by atoms with Gasteiger partial charge in [-0.1, -0.05) is 28.6 Å². The van der Waals surface area contributed by atoms with E-state index < -0.39 is 12.5 Å². The van der Waals surface area contributed by atoms with Crippen molar-refractivity contribution in [1.82, 2.24) is 35.0 Å². The number of alkyl halides is 4. The number of aromatic nitrogens is 7. The summed E-state index contributed by atoms with van der Waals surface area (Å²) in [6, 6.07) is 10.6. The van der Waals surface area contributed by atoms with Crippen molar-refractivity contribution in [2.24, 2.45) is 10.7 Å². The van der Waals surface area contributed by atoms with Crippen LogP contribution in [0.5, 0.6) is 5.75 Å². The molecule has 0 saturated carbocycles. The van der Waals surface area contributed by atoms with E-state index in [1.807, 2.05) is 0 Å². The molecule has 0 spiro atoms. The van der Waals surface area contributed by atoms with Crippen molar-refractivity contribution in [2.75, 3.05) is 5.32 Å². The van der Waals surface area contributed by atoms with Crippen molar-refractivity contribution >= 4 is 17.6 Å². The maximum atomic E-state index is 14.6. The number of rotatable bonds is 12. The number of pyridine rings is 1. The first-order valence-electron chi connectivity index (χ1n) is 11.9. The molecule has 3 N–H and O–H groups in total. The Morgan fingerprint density at radius 1 is 1.10 bits per heavy atom. The van der Waals surface area contributed by atoms with E-state index in [0.29, 0.717) is 11.3 Å². The molecule has 0 saturated heterocycles. The maximum Gasteiger partial charge on any atom is 0.573 e. The number of amidine groups is 1. The third kappa shape index (κ3) is 8.85. The summed E-state index contributed by atoms with van der Waals surface area (Å²) in [5.41, 5.74) is 7.22. The summed E-state index contributed by atoms with van der Waals surface area (Å²) in [5.74, 6) is -0.469. The van der Waals surface area contributed by atoms with E-state index in [0.717, 1.165) is 0 Å². The molecular weight excluding hydrogens is 536 g/mol. The monoisotopic (exact) mass is 560 g/mol. The van der Waals surface area contributed by atoms with Gasteiger partial charge in [-0.3, -0.25) is 19.5 Å². The second kappa shape index (κ2) is 12.8. The molecule has 3 aromatic heterocycles. The van der Waals surface area contributed by atoms with Crippen molar-refractivity contribution in [3.63, 3.8) is 0 Å². The normalized spacial score (nSPS) is 12.8. The summed E-state index contributed by atoms with van der Waals surface area (Å²) >= 11 is 0. The fourth-order valence-electron chi connectivity index (χ4n) is 3.49. The van der Waals surface area contributed by atoms with Gasteiger partial charge in [-0.15, -0.1) is 23.4 Å². The van der Waals surface area contributed by atoms with Crippen LogP contribution in [0.2, 0.25) is 0 Å². The van der Waals surface area contributed by atoms with Crippen molar-refractivity contribution in [2.45, 2.75) is 45.0 Å². The van der Waals surface area contributed by atoms with Gasteiger partial charge in [-0.05, 0) is 29.8 Å². The van der Waals surface area contributed by atoms with Crippen LogP contribution in [-0.2, 0) is 30.8 Å². The zero-order chi connectivity index (χ0) is 28.5. The van der Waals surface area contributed by atoms with Crippen LogP contribution in [-0.4, -0.2) is 59.2 Å². The van der Waals surface area contributed by atoms with E-state index in [2.05, 4.69) is 40.7 Å². The third-order valence-electron chi connectivity index (χ3n) is 5.30. The number of halogens is 4. The van der Waals surface area contributed by atoms with E-state index in [1.165, 1.54) is 40.0 Å². The zero-order valence-corrected chi connectivity index (χ0v) is 20.9. The Morgan fingerprint density at radius 2 is 1.93 bits per heavy atom. The molecule has 12 nitrogen and oxygen atoms in total. The highest BCUT2D eigenvalue weighted by molar-refractivity contribution is 5.95. The molecule has 0 aliphatic heterocycles. The summed E-state index contributed by atoms with van der Waals surface area (Å²) in [6.45, 7) is 0.0792. The van der Waals surface area contributed by atoms with Crippen LogP contribution in [0.3, 0.4) is 0 Å². The third-order valence-corrected chi connectivity index (χ3v) is 5.30. The Balaban J connectivity index is 1.23. The van der Waals surface area contributed by atoms with Crippen LogP contribution >= 0.6 is 0 Å². The van der Waals surface area contributed by atoms with E-state index >= 15 is 0 Å². The molecule has 210 valence electrons. The molecule has 0 aliphatic rings. The largest absolute Gasteiger partial charge is 0.573 e. The molecule has 4 rings (SSSR count). The van der Waals surface area contributed by atoms with Gasteiger partial charge in [0.2, 0.25) is 5.91 Å². The molecule has 0 radical (unpaired) electrons. The van der Waals surface area contributed by atoms with Gasteiger partial charge in [-0.25, -0.2) is 9.07 Å². The molecule has 0 bridgehead atoms. The topological polar surface area (TPSA) is 151 Å². The predicted octanol–water partition coefficient (Wildman–Crippen LogP) is 2.68. The van der Waals surface area contributed by atoms with Gasteiger partial charge in [0, 0.05) is 24.9 Å². The Labute approximate surface area is 224 Å². The van der Waals surface area contributed by atoms with Gasteiger partial charge in [0.25, 0.3) is 0 Å². The van der Waals surface area contributed by atoms with Gasteiger partial charge < -0.3 is 15.8 Å². The summed E-state index contributed by atoms with van der Waals surface area (Å²) < 4.78 is 58.4. The predicted molar refractivity (Wildman–Crippen MR) is 134 cm³/mol. The first-order chi connectivity index (χ1) is 19.1. The summed E-state index contributed by atoms with van der Waals surface area (Å²) in [5, 5.41) is 18.1. The quantitative estimate of drug-likeness (QED) is 0.153. The van der Waals surface area contributed by atoms with Crippen molar-refractivity contribution in [3.8, 4) is 5.75 Å². The van der Waals surface area contributed by atoms with Gasteiger partial charge >= 0.3 is 6.36 Å². The number of anilines is 1. The van der Waals surface area contributed by atoms with Crippen molar-refractivity contribution in [1.29, 1.82) is 0 Å². The molecule has 0 aliphatic carbocycles. The number of ether oxygens (including phenoxy) is 1. The first-order valence-corrected chi connectivity index (χ1v) is 11.9. The minimum absolute atomic E-state index is 0.0101. The van der Waals surface area contributed by atoms with Crippen LogP contribution in [0, 0.1) is 0 Å². The van der Waals surface area contributed by atoms with Gasteiger partial charge in [-0.2, -0.15) is 0 Å². The molecule has 16 heteroatoms. The summed E-state index contributed by atoms with van der Waals surface area (Å²) in [7, 11) is 0. The average molecular weight is 561 g/mol. The van der Waals surface area contributed by atoms with Crippen LogP contribution in [0.25, 0.3) is 0 Å². The highest BCUT2D eigenvalue weighted by Crippen LogP contribution is 2.23. The van der Waals surface area contributed by atoms with Crippen molar-refractivity contribution in [3.05, 3.63) is 78.0 Å². The molecule has 1 aromatic carbocycles. The number of hydrogen-bond donors (Lipinski definition) is 2. The lowest BCUT2D eigenvalue weighted by atomic mass is 10.2. The molecule has 4 aromatic rings. The maximum absolute atomic E-state index is 14.6. The minimum Gasteiger partial charge on any atom is -0.406 e. The SMILES string of the molecule is NC(=NCc1cccc(OC(F)(F)F)c1)c1cn(CCC(F)Cn2cc(NC(=O)Cc3ccccn3)nn2)nn1. The number of nitrogens with one attached hydrogen (secondary N) is 1. The van der Waals surface area contributed by atoms with Gasteiger partial charge in [0.05, 0.1) is 31.9 Å². The van der Waals surface area contributed by atoms with E-state index in [-0.39, 0.29) is 61.5 Å². The Hall–Kier alpha value is -4.89. The number of aliphatic imine (C=N–C) groups is 1. The average Bonchev–Trinajstić information content (AvgIpc) is 3.55. The summed E-state index contributed by atoms with van der Waals surface area (Å²) in [6.07, 6.45) is -1.45. The van der Waals surface area contributed by atoms with Crippen LogP contribution in [0.15, 0.2) is 66.0 Å². The fraction of sp³-hybridized carbons (Fsp3) is 0.292. The lowest BCUT2D eigenvalue weighted by molar-refractivity contribution is -0.274. The Bertz CT molecular complexity index is 1440. The van der Waals surface area contributed by atoms with Crippen molar-refractivity contribution < 1.29 is 27.1 Å². The second-order valence-corrected chi connectivity index (χ2v) is 8.52. The molecular formula is C24H24F4N10O2. The highest BCUT2D eigenvalue weighted by atomic mass is 19.4. The van der Waals surface area contributed by atoms with Crippen LogP contribution < -0.4 is 15.8 Å². The van der Waals surface area contributed by atoms with E-state index in [9.17, 15) is 22.4 Å².